The molecule has 0 aromatic heterocycles. The number of nitrogens with zero attached hydrogens (tertiary/aromatic N) is 1. The van der Waals surface area contributed by atoms with Crippen LogP contribution in [0.25, 0.3) is 0 Å². The van der Waals surface area contributed by atoms with Crippen molar-refractivity contribution >= 4 is 23.2 Å². The third kappa shape index (κ3) is 3.35. The van der Waals surface area contributed by atoms with Crippen LogP contribution in [-0.2, 0) is 6.54 Å². The first-order chi connectivity index (χ1) is 8.18. The zero-order chi connectivity index (χ0) is 12.3. The summed E-state index contributed by atoms with van der Waals surface area (Å²) in [6.45, 7) is 3.00. The molecule has 4 heteroatoms. The lowest BCUT2D eigenvalue weighted by molar-refractivity contribution is 0.196. The Hall–Kier alpha value is -0.280. The summed E-state index contributed by atoms with van der Waals surface area (Å²) in [5, 5.41) is 4.94. The molecule has 1 heterocycles. The summed E-state index contributed by atoms with van der Waals surface area (Å²) in [6, 6.07) is 6.26. The van der Waals surface area contributed by atoms with E-state index in [1.54, 1.807) is 0 Å². The minimum atomic E-state index is 0.580. The van der Waals surface area contributed by atoms with Crippen molar-refractivity contribution in [3.8, 4) is 0 Å². The third-order valence-corrected chi connectivity index (χ3v) is 4.07. The van der Waals surface area contributed by atoms with E-state index < -0.39 is 0 Å². The van der Waals surface area contributed by atoms with Crippen LogP contribution in [0, 0.1) is 0 Å². The fraction of sp³-hybridized carbons (Fsp3) is 0.538. The van der Waals surface area contributed by atoms with Gasteiger partial charge in [0.1, 0.15) is 0 Å². The van der Waals surface area contributed by atoms with Crippen LogP contribution in [0.4, 0.5) is 0 Å². The number of benzene rings is 1. The van der Waals surface area contributed by atoms with Crippen molar-refractivity contribution in [3.05, 3.63) is 33.8 Å². The van der Waals surface area contributed by atoms with Gasteiger partial charge in [-0.3, -0.25) is 4.90 Å². The van der Waals surface area contributed by atoms with Crippen molar-refractivity contribution < 1.29 is 0 Å². The summed E-state index contributed by atoms with van der Waals surface area (Å²) < 4.78 is 0. The second kappa shape index (κ2) is 6.05. The van der Waals surface area contributed by atoms with Gasteiger partial charge in [-0.25, -0.2) is 0 Å². The minimum Gasteiger partial charge on any atom is -0.315 e. The number of hydrogen-bond donors (Lipinski definition) is 1. The normalized spacial score (nSPS) is 20.8. The molecule has 2 nitrogen and oxygen atoms in total. The molecule has 1 saturated heterocycles. The van der Waals surface area contributed by atoms with Gasteiger partial charge < -0.3 is 5.32 Å². The average Bonchev–Trinajstić information content (AvgIpc) is 2.35. The molecule has 0 radical (unpaired) electrons. The Morgan fingerprint density at radius 2 is 2.06 bits per heavy atom. The Bertz CT molecular complexity index is 355. The van der Waals surface area contributed by atoms with Crippen molar-refractivity contribution in [2.75, 3.05) is 20.1 Å². The fourth-order valence-electron chi connectivity index (χ4n) is 2.27. The quantitative estimate of drug-likeness (QED) is 0.910. The zero-order valence-electron chi connectivity index (χ0n) is 10.0. The fourth-order valence-corrected chi connectivity index (χ4v) is 2.79. The van der Waals surface area contributed by atoms with E-state index in [0.717, 1.165) is 35.2 Å². The molecular weight excluding hydrogens is 255 g/mol. The summed E-state index contributed by atoms with van der Waals surface area (Å²) in [7, 11) is 2.14. The third-order valence-electron chi connectivity index (χ3n) is 3.36. The Morgan fingerprint density at radius 3 is 2.65 bits per heavy atom. The van der Waals surface area contributed by atoms with Gasteiger partial charge in [-0.2, -0.15) is 0 Å². The van der Waals surface area contributed by atoms with Gasteiger partial charge in [0.2, 0.25) is 0 Å². The van der Waals surface area contributed by atoms with Gasteiger partial charge in [-0.1, -0.05) is 29.3 Å². The van der Waals surface area contributed by atoms with Crippen LogP contribution >= 0.6 is 23.2 Å². The number of rotatable bonds is 3. The van der Waals surface area contributed by atoms with E-state index in [1.807, 2.05) is 18.2 Å². The Balaban J connectivity index is 2.04. The molecule has 0 saturated carbocycles. The molecule has 1 aliphatic heterocycles. The second-order valence-electron chi connectivity index (χ2n) is 4.62. The molecular formula is C13H18Cl2N2. The SMILES string of the molecule is CN(Cc1c(Cl)cccc1Cl)C1CCCNC1. The van der Waals surface area contributed by atoms with E-state index in [2.05, 4.69) is 17.3 Å². The highest BCUT2D eigenvalue weighted by Gasteiger charge is 2.19. The number of halogens is 2. The lowest BCUT2D eigenvalue weighted by Crippen LogP contribution is -2.43. The zero-order valence-corrected chi connectivity index (χ0v) is 11.6. The molecule has 94 valence electrons. The van der Waals surface area contributed by atoms with Crippen LogP contribution in [0.2, 0.25) is 10.0 Å². The first-order valence-corrected chi connectivity index (χ1v) is 6.78. The van der Waals surface area contributed by atoms with Crippen molar-refractivity contribution in [1.29, 1.82) is 0 Å². The number of likely N-dealkylation sites (N-methyl/N-ethyl adjacent to an activating group) is 1. The molecule has 17 heavy (non-hydrogen) atoms. The monoisotopic (exact) mass is 272 g/mol. The number of hydrogen-bond acceptors (Lipinski definition) is 2. The van der Waals surface area contributed by atoms with Gasteiger partial charge in [0, 0.05) is 34.7 Å². The Kier molecular flexibility index (Phi) is 4.69. The predicted molar refractivity (Wildman–Crippen MR) is 73.8 cm³/mol. The summed E-state index contributed by atoms with van der Waals surface area (Å²) in [6.07, 6.45) is 2.48. The molecule has 1 aliphatic rings. The molecule has 0 spiro atoms. The second-order valence-corrected chi connectivity index (χ2v) is 5.43. The molecule has 0 amide bonds. The lowest BCUT2D eigenvalue weighted by Gasteiger charge is -2.32. The molecule has 1 N–H and O–H groups in total. The standard InChI is InChI=1S/C13H18Cl2N2/c1-17(10-4-3-7-16-8-10)9-11-12(14)5-2-6-13(11)15/h2,5-6,10,16H,3-4,7-9H2,1H3. The Morgan fingerprint density at radius 1 is 1.35 bits per heavy atom. The van der Waals surface area contributed by atoms with Crippen LogP contribution < -0.4 is 5.32 Å². The van der Waals surface area contributed by atoms with E-state index in [-0.39, 0.29) is 0 Å². The van der Waals surface area contributed by atoms with Crippen molar-refractivity contribution in [2.24, 2.45) is 0 Å². The average molecular weight is 273 g/mol. The van der Waals surface area contributed by atoms with Crippen LogP contribution in [0.5, 0.6) is 0 Å². The maximum absolute atomic E-state index is 6.19. The highest BCUT2D eigenvalue weighted by Crippen LogP contribution is 2.26. The maximum atomic E-state index is 6.19. The van der Waals surface area contributed by atoms with E-state index in [0.29, 0.717) is 6.04 Å². The van der Waals surface area contributed by atoms with E-state index in [4.69, 9.17) is 23.2 Å². The van der Waals surface area contributed by atoms with Crippen LogP contribution in [0.3, 0.4) is 0 Å². The molecule has 1 fully saturated rings. The van der Waals surface area contributed by atoms with Gasteiger partial charge >= 0.3 is 0 Å². The smallest absolute Gasteiger partial charge is 0.0465 e. The summed E-state index contributed by atoms with van der Waals surface area (Å²) in [4.78, 5) is 2.33. The predicted octanol–water partition coefficient (Wildman–Crippen LogP) is 3.18. The van der Waals surface area contributed by atoms with Gasteiger partial charge in [0.15, 0.2) is 0 Å². The van der Waals surface area contributed by atoms with Gasteiger partial charge in [0.25, 0.3) is 0 Å². The number of nitrogens with one attached hydrogen (secondary N) is 1. The highest BCUT2D eigenvalue weighted by atomic mass is 35.5. The molecule has 0 aliphatic carbocycles. The maximum Gasteiger partial charge on any atom is 0.0465 e. The van der Waals surface area contributed by atoms with Gasteiger partial charge in [0.05, 0.1) is 0 Å². The molecule has 0 bridgehead atoms. The topological polar surface area (TPSA) is 15.3 Å². The summed E-state index contributed by atoms with van der Waals surface area (Å²) >= 11 is 12.4. The van der Waals surface area contributed by atoms with Crippen molar-refractivity contribution in [1.82, 2.24) is 10.2 Å². The van der Waals surface area contributed by atoms with E-state index in [1.165, 1.54) is 12.8 Å². The molecule has 1 aromatic rings. The Labute approximate surface area is 113 Å². The van der Waals surface area contributed by atoms with Crippen molar-refractivity contribution in [3.63, 3.8) is 0 Å². The molecule has 1 unspecified atom stereocenters. The first kappa shape index (κ1) is 13.2. The molecule has 1 aromatic carbocycles. The highest BCUT2D eigenvalue weighted by molar-refractivity contribution is 6.35. The van der Waals surface area contributed by atoms with Gasteiger partial charge in [-0.05, 0) is 38.6 Å². The summed E-state index contributed by atoms with van der Waals surface area (Å²) in [5.41, 5.74) is 1.03. The molecule has 2 rings (SSSR count). The van der Waals surface area contributed by atoms with Crippen LogP contribution in [-0.4, -0.2) is 31.1 Å². The van der Waals surface area contributed by atoms with E-state index in [9.17, 15) is 0 Å². The summed E-state index contributed by atoms with van der Waals surface area (Å²) in [5.74, 6) is 0. The largest absolute Gasteiger partial charge is 0.315 e. The lowest BCUT2D eigenvalue weighted by atomic mass is 10.1. The van der Waals surface area contributed by atoms with Crippen LogP contribution in [0.15, 0.2) is 18.2 Å². The van der Waals surface area contributed by atoms with Gasteiger partial charge in [-0.15, -0.1) is 0 Å². The van der Waals surface area contributed by atoms with Crippen molar-refractivity contribution in [2.45, 2.75) is 25.4 Å². The first-order valence-electron chi connectivity index (χ1n) is 6.02. The molecule has 1 atom stereocenters. The minimum absolute atomic E-state index is 0.580. The van der Waals surface area contributed by atoms with Crippen LogP contribution in [0.1, 0.15) is 18.4 Å². The number of piperidine rings is 1. The van der Waals surface area contributed by atoms with E-state index >= 15 is 0 Å².